The van der Waals surface area contributed by atoms with E-state index in [4.69, 9.17) is 0 Å². The van der Waals surface area contributed by atoms with Gasteiger partial charge in [0.1, 0.15) is 0 Å². The van der Waals surface area contributed by atoms with Crippen LogP contribution in [-0.2, 0) is 11.3 Å². The molecule has 134 valence electrons. The highest BCUT2D eigenvalue weighted by molar-refractivity contribution is 8.15. The van der Waals surface area contributed by atoms with Crippen LogP contribution >= 0.6 is 11.8 Å². The lowest BCUT2D eigenvalue weighted by Crippen LogP contribution is -2.31. The Morgan fingerprint density at radius 2 is 1.85 bits per heavy atom. The van der Waals surface area contributed by atoms with Crippen molar-refractivity contribution in [2.75, 3.05) is 0 Å². The second kappa shape index (κ2) is 8.81. The lowest BCUT2D eigenvalue weighted by atomic mass is 10.1. The van der Waals surface area contributed by atoms with Gasteiger partial charge in [-0.15, -0.1) is 5.10 Å². The fourth-order valence-electron chi connectivity index (χ4n) is 2.82. The van der Waals surface area contributed by atoms with E-state index in [0.717, 1.165) is 24.0 Å². The van der Waals surface area contributed by atoms with Crippen molar-refractivity contribution in [3.05, 3.63) is 71.3 Å². The van der Waals surface area contributed by atoms with Crippen molar-refractivity contribution in [2.45, 2.75) is 38.5 Å². The summed E-state index contributed by atoms with van der Waals surface area (Å²) in [6.45, 7) is 4.71. The molecule has 3 rings (SSSR count). The molecule has 1 fully saturated rings. The normalized spacial score (nSPS) is 19.0. The number of nitrogens with zero attached hydrogens (tertiary/aromatic N) is 3. The van der Waals surface area contributed by atoms with Gasteiger partial charge in [-0.3, -0.25) is 9.69 Å². The molecule has 1 aliphatic heterocycles. The van der Waals surface area contributed by atoms with Crippen molar-refractivity contribution < 1.29 is 4.79 Å². The van der Waals surface area contributed by atoms with E-state index >= 15 is 0 Å². The molecule has 1 atom stereocenters. The zero-order chi connectivity index (χ0) is 18.4. The first-order valence-electron chi connectivity index (χ1n) is 8.87. The van der Waals surface area contributed by atoms with Crippen LogP contribution in [0.4, 0.5) is 0 Å². The number of carbonyl (C=O) groups is 1. The van der Waals surface area contributed by atoms with E-state index in [-0.39, 0.29) is 11.2 Å². The van der Waals surface area contributed by atoms with E-state index in [9.17, 15) is 4.79 Å². The van der Waals surface area contributed by atoms with E-state index < -0.39 is 0 Å². The van der Waals surface area contributed by atoms with Gasteiger partial charge in [-0.05, 0) is 30.0 Å². The maximum absolute atomic E-state index is 12.8. The molecule has 5 heteroatoms. The van der Waals surface area contributed by atoms with Gasteiger partial charge < -0.3 is 0 Å². The Morgan fingerprint density at radius 3 is 2.58 bits per heavy atom. The van der Waals surface area contributed by atoms with Crippen molar-refractivity contribution in [1.29, 1.82) is 0 Å². The highest BCUT2D eigenvalue weighted by atomic mass is 32.2. The van der Waals surface area contributed by atoms with Crippen LogP contribution in [0.15, 0.2) is 64.8 Å². The zero-order valence-electron chi connectivity index (χ0n) is 15.1. The summed E-state index contributed by atoms with van der Waals surface area (Å²) in [4.78, 5) is 14.6. The standard InChI is InChI=1S/C21H23N3OS/c1-3-9-19-20(25)24(15-18-13-8-7-10-16(18)2)21(26-19)23-22-14-17-11-5-4-6-12-17/h4-8,10-14,19H,3,9,15H2,1-2H3/b22-14-,23-21+/t19-/m0/s1. The second-order valence-electron chi connectivity index (χ2n) is 6.28. The topological polar surface area (TPSA) is 45.0 Å². The summed E-state index contributed by atoms with van der Waals surface area (Å²) in [6.07, 6.45) is 3.55. The van der Waals surface area contributed by atoms with Gasteiger partial charge in [0, 0.05) is 0 Å². The summed E-state index contributed by atoms with van der Waals surface area (Å²) in [7, 11) is 0. The van der Waals surface area contributed by atoms with Gasteiger partial charge in [-0.2, -0.15) is 5.10 Å². The zero-order valence-corrected chi connectivity index (χ0v) is 15.9. The van der Waals surface area contributed by atoms with Gasteiger partial charge in [-0.25, -0.2) is 0 Å². The van der Waals surface area contributed by atoms with Crippen LogP contribution in [0.5, 0.6) is 0 Å². The lowest BCUT2D eigenvalue weighted by Gasteiger charge is -2.17. The quantitative estimate of drug-likeness (QED) is 0.553. The average molecular weight is 366 g/mol. The fraction of sp³-hybridized carbons (Fsp3) is 0.286. The maximum atomic E-state index is 12.8. The molecule has 0 radical (unpaired) electrons. The Morgan fingerprint density at radius 1 is 1.12 bits per heavy atom. The molecule has 0 bridgehead atoms. The molecular formula is C21H23N3OS. The van der Waals surface area contributed by atoms with E-state index in [1.54, 1.807) is 11.1 Å². The highest BCUT2D eigenvalue weighted by Crippen LogP contribution is 2.32. The molecule has 1 saturated heterocycles. The number of carbonyl (C=O) groups excluding carboxylic acids is 1. The van der Waals surface area contributed by atoms with Crippen LogP contribution in [0.25, 0.3) is 0 Å². The van der Waals surface area contributed by atoms with E-state index in [1.165, 1.54) is 17.3 Å². The number of rotatable bonds is 6. The van der Waals surface area contributed by atoms with E-state index in [0.29, 0.717) is 11.7 Å². The molecule has 0 unspecified atom stereocenters. The van der Waals surface area contributed by atoms with Crippen LogP contribution in [0.1, 0.15) is 36.5 Å². The van der Waals surface area contributed by atoms with Crippen molar-refractivity contribution >= 4 is 29.1 Å². The van der Waals surface area contributed by atoms with Gasteiger partial charge >= 0.3 is 0 Å². The molecule has 0 N–H and O–H groups in total. The minimum Gasteiger partial charge on any atom is -0.284 e. The number of amidine groups is 1. The predicted molar refractivity (Wildman–Crippen MR) is 109 cm³/mol. The lowest BCUT2D eigenvalue weighted by molar-refractivity contribution is -0.126. The Kier molecular flexibility index (Phi) is 6.23. The third-order valence-electron chi connectivity index (χ3n) is 4.31. The van der Waals surface area contributed by atoms with Crippen LogP contribution < -0.4 is 0 Å². The number of thioether (sulfide) groups is 1. The van der Waals surface area contributed by atoms with Crippen molar-refractivity contribution in [2.24, 2.45) is 10.2 Å². The second-order valence-corrected chi connectivity index (χ2v) is 7.45. The van der Waals surface area contributed by atoms with Gasteiger partial charge in [-0.1, -0.05) is 79.7 Å². The number of amides is 1. The van der Waals surface area contributed by atoms with Gasteiger partial charge in [0.15, 0.2) is 5.17 Å². The number of benzene rings is 2. The third kappa shape index (κ3) is 4.41. The molecule has 0 spiro atoms. The van der Waals surface area contributed by atoms with Crippen LogP contribution in [-0.4, -0.2) is 27.4 Å². The predicted octanol–water partition coefficient (Wildman–Crippen LogP) is 4.63. The van der Waals surface area contributed by atoms with Gasteiger partial charge in [0.05, 0.1) is 18.0 Å². The summed E-state index contributed by atoms with van der Waals surface area (Å²) >= 11 is 1.52. The summed E-state index contributed by atoms with van der Waals surface area (Å²) in [5.41, 5.74) is 3.30. The summed E-state index contributed by atoms with van der Waals surface area (Å²) in [5.74, 6) is 0.133. The summed E-state index contributed by atoms with van der Waals surface area (Å²) in [5, 5.41) is 9.20. The van der Waals surface area contributed by atoms with E-state index in [2.05, 4.69) is 36.2 Å². The summed E-state index contributed by atoms with van der Waals surface area (Å²) < 4.78 is 0. The Labute approximate surface area is 159 Å². The van der Waals surface area contributed by atoms with Crippen LogP contribution in [0.2, 0.25) is 0 Å². The van der Waals surface area contributed by atoms with Crippen molar-refractivity contribution in [1.82, 2.24) is 4.90 Å². The molecule has 0 aliphatic carbocycles. The van der Waals surface area contributed by atoms with Gasteiger partial charge in [0.2, 0.25) is 5.91 Å². The molecule has 0 aromatic heterocycles. The number of aryl methyl sites for hydroxylation is 1. The fourth-order valence-corrected chi connectivity index (χ4v) is 4.03. The minimum atomic E-state index is -0.0605. The number of hydrogen-bond acceptors (Lipinski definition) is 4. The minimum absolute atomic E-state index is 0.0605. The number of hydrogen-bond donors (Lipinski definition) is 0. The molecule has 2 aromatic rings. The Balaban J connectivity index is 1.82. The van der Waals surface area contributed by atoms with Gasteiger partial charge in [0.25, 0.3) is 0 Å². The Bertz CT molecular complexity index is 817. The molecule has 1 heterocycles. The molecule has 1 amide bonds. The monoisotopic (exact) mass is 365 g/mol. The third-order valence-corrected chi connectivity index (χ3v) is 5.54. The van der Waals surface area contributed by atoms with E-state index in [1.807, 2.05) is 42.5 Å². The average Bonchev–Trinajstić information content (AvgIpc) is 2.94. The highest BCUT2D eigenvalue weighted by Gasteiger charge is 2.37. The molecule has 2 aromatic carbocycles. The summed E-state index contributed by atoms with van der Waals surface area (Å²) in [6, 6.07) is 18.0. The molecule has 26 heavy (non-hydrogen) atoms. The van der Waals surface area contributed by atoms with Crippen LogP contribution in [0.3, 0.4) is 0 Å². The molecule has 4 nitrogen and oxygen atoms in total. The first kappa shape index (κ1) is 18.4. The largest absolute Gasteiger partial charge is 0.284 e. The SMILES string of the molecule is CCC[C@@H]1S/C(=N/N=C\c2ccccc2)N(Cc2ccccc2C)C1=O. The Hall–Kier alpha value is -2.40. The first-order chi connectivity index (χ1) is 12.7. The van der Waals surface area contributed by atoms with Crippen molar-refractivity contribution in [3.63, 3.8) is 0 Å². The molecular weight excluding hydrogens is 342 g/mol. The molecule has 1 aliphatic rings. The maximum Gasteiger partial charge on any atom is 0.242 e. The van der Waals surface area contributed by atoms with Crippen LogP contribution in [0, 0.1) is 6.92 Å². The molecule has 0 saturated carbocycles. The van der Waals surface area contributed by atoms with Crippen molar-refractivity contribution in [3.8, 4) is 0 Å². The smallest absolute Gasteiger partial charge is 0.242 e. The first-order valence-corrected chi connectivity index (χ1v) is 9.75.